The molecule has 0 radical (unpaired) electrons. The molecule has 1 aliphatic carbocycles. The Morgan fingerprint density at radius 1 is 1.33 bits per heavy atom. The molecule has 0 amide bonds. The van der Waals surface area contributed by atoms with Crippen molar-refractivity contribution in [3.05, 3.63) is 40.9 Å². The van der Waals surface area contributed by atoms with Crippen molar-refractivity contribution in [3.63, 3.8) is 0 Å². The van der Waals surface area contributed by atoms with Crippen LogP contribution in [0.5, 0.6) is 0 Å². The summed E-state index contributed by atoms with van der Waals surface area (Å²) in [6, 6.07) is 3.41. The van der Waals surface area contributed by atoms with Crippen molar-refractivity contribution in [2.24, 2.45) is 5.73 Å². The molecule has 0 bridgehead atoms. The van der Waals surface area contributed by atoms with E-state index in [1.165, 1.54) is 17.4 Å². The van der Waals surface area contributed by atoms with E-state index in [9.17, 15) is 8.78 Å². The predicted octanol–water partition coefficient (Wildman–Crippen LogP) is 3.08. The largest absolute Gasteiger partial charge is 0.330 e. The molecular weight excluding hydrogens is 254 g/mol. The van der Waals surface area contributed by atoms with Gasteiger partial charge < -0.3 is 5.73 Å². The molecule has 2 aromatic rings. The molecule has 1 aliphatic rings. The number of hydrogen-bond donors (Lipinski definition) is 1. The van der Waals surface area contributed by atoms with Crippen LogP contribution < -0.4 is 5.73 Å². The van der Waals surface area contributed by atoms with Crippen LogP contribution in [0.25, 0.3) is 10.6 Å². The summed E-state index contributed by atoms with van der Waals surface area (Å²) >= 11 is 1.33. The van der Waals surface area contributed by atoms with Crippen LogP contribution in [-0.4, -0.2) is 11.5 Å². The van der Waals surface area contributed by atoms with Crippen molar-refractivity contribution in [2.45, 2.75) is 18.3 Å². The van der Waals surface area contributed by atoms with Crippen LogP contribution in [0, 0.1) is 11.6 Å². The number of benzene rings is 1. The average Bonchev–Trinajstić information content (AvgIpc) is 3.02. The number of rotatable bonds is 3. The summed E-state index contributed by atoms with van der Waals surface area (Å²) < 4.78 is 26.8. The molecule has 2 nitrogen and oxygen atoms in total. The van der Waals surface area contributed by atoms with Crippen molar-refractivity contribution in [2.75, 3.05) is 6.54 Å². The van der Waals surface area contributed by atoms with E-state index in [1.54, 1.807) is 0 Å². The molecule has 94 valence electrons. The van der Waals surface area contributed by atoms with Gasteiger partial charge in [0.25, 0.3) is 0 Å². The van der Waals surface area contributed by atoms with Gasteiger partial charge in [0.15, 0.2) is 0 Å². The number of hydrogen-bond acceptors (Lipinski definition) is 3. The quantitative estimate of drug-likeness (QED) is 0.927. The van der Waals surface area contributed by atoms with Crippen molar-refractivity contribution in [1.82, 2.24) is 4.98 Å². The van der Waals surface area contributed by atoms with Gasteiger partial charge in [-0.15, -0.1) is 11.3 Å². The maximum absolute atomic E-state index is 13.6. The summed E-state index contributed by atoms with van der Waals surface area (Å²) in [6.45, 7) is 0.557. The first-order valence-corrected chi connectivity index (χ1v) is 6.64. The van der Waals surface area contributed by atoms with Gasteiger partial charge in [0.1, 0.15) is 16.6 Å². The first-order chi connectivity index (χ1) is 8.64. The van der Waals surface area contributed by atoms with Gasteiger partial charge in [0, 0.05) is 22.9 Å². The standard InChI is InChI=1S/C13H12F2N2S/c14-8-1-2-10(15)9(5-8)12-17-11(6-18-12)13(7-16)3-4-13/h1-2,5-6H,3-4,7,16H2. The fraction of sp³-hybridized carbons (Fsp3) is 0.308. The minimum Gasteiger partial charge on any atom is -0.330 e. The molecule has 1 aromatic heterocycles. The second-order valence-corrected chi connectivity index (χ2v) is 5.50. The molecule has 5 heteroatoms. The number of halogens is 2. The van der Waals surface area contributed by atoms with Crippen molar-refractivity contribution in [1.29, 1.82) is 0 Å². The van der Waals surface area contributed by atoms with Crippen molar-refractivity contribution < 1.29 is 8.78 Å². The average molecular weight is 266 g/mol. The van der Waals surface area contributed by atoms with E-state index in [-0.39, 0.29) is 11.0 Å². The van der Waals surface area contributed by atoms with Gasteiger partial charge >= 0.3 is 0 Å². The van der Waals surface area contributed by atoms with Crippen LogP contribution >= 0.6 is 11.3 Å². The smallest absolute Gasteiger partial charge is 0.133 e. The Morgan fingerprint density at radius 2 is 2.11 bits per heavy atom. The summed E-state index contributed by atoms with van der Waals surface area (Å²) in [4.78, 5) is 4.42. The molecule has 0 unspecified atom stereocenters. The zero-order valence-electron chi connectivity index (χ0n) is 9.62. The van der Waals surface area contributed by atoms with Gasteiger partial charge in [-0.1, -0.05) is 0 Å². The fourth-order valence-corrected chi connectivity index (χ4v) is 2.98. The highest BCUT2D eigenvalue weighted by Gasteiger charge is 2.44. The lowest BCUT2D eigenvalue weighted by Crippen LogP contribution is -2.19. The number of thiazole rings is 1. The van der Waals surface area contributed by atoms with Crippen molar-refractivity contribution >= 4 is 11.3 Å². The molecule has 1 aromatic carbocycles. The lowest BCUT2D eigenvalue weighted by molar-refractivity contribution is 0.603. The maximum atomic E-state index is 13.6. The van der Waals surface area contributed by atoms with Crippen molar-refractivity contribution in [3.8, 4) is 10.6 Å². The van der Waals surface area contributed by atoms with E-state index in [4.69, 9.17) is 5.73 Å². The van der Waals surface area contributed by atoms with Crippen LogP contribution in [0.4, 0.5) is 8.78 Å². The molecule has 3 rings (SSSR count). The third kappa shape index (κ3) is 1.83. The highest BCUT2D eigenvalue weighted by molar-refractivity contribution is 7.13. The third-order valence-corrected chi connectivity index (χ3v) is 4.33. The number of nitrogens with zero attached hydrogens (tertiary/aromatic N) is 1. The minimum absolute atomic E-state index is 0.0153. The van der Waals surface area contributed by atoms with Gasteiger partial charge in [-0.05, 0) is 31.0 Å². The second-order valence-electron chi connectivity index (χ2n) is 4.65. The topological polar surface area (TPSA) is 38.9 Å². The maximum Gasteiger partial charge on any atom is 0.133 e. The van der Waals surface area contributed by atoms with E-state index in [2.05, 4.69) is 4.98 Å². The van der Waals surface area contributed by atoms with Crippen LogP contribution in [0.1, 0.15) is 18.5 Å². The summed E-state index contributed by atoms with van der Waals surface area (Å²) in [5.74, 6) is -0.905. The molecule has 1 heterocycles. The predicted molar refractivity (Wildman–Crippen MR) is 67.4 cm³/mol. The lowest BCUT2D eigenvalue weighted by Gasteiger charge is -2.07. The Balaban J connectivity index is 2.00. The van der Waals surface area contributed by atoms with E-state index in [0.717, 1.165) is 30.7 Å². The van der Waals surface area contributed by atoms with Crippen LogP contribution in [0.15, 0.2) is 23.6 Å². The highest BCUT2D eigenvalue weighted by atomic mass is 32.1. The van der Waals surface area contributed by atoms with Gasteiger partial charge in [0.2, 0.25) is 0 Å². The normalized spacial score (nSPS) is 16.8. The first kappa shape index (κ1) is 11.7. The monoisotopic (exact) mass is 266 g/mol. The van der Waals surface area contributed by atoms with Gasteiger partial charge in [-0.2, -0.15) is 0 Å². The zero-order valence-corrected chi connectivity index (χ0v) is 10.4. The molecular formula is C13H12F2N2S. The van der Waals surface area contributed by atoms with E-state index < -0.39 is 11.6 Å². The Morgan fingerprint density at radius 3 is 2.78 bits per heavy atom. The summed E-state index contributed by atoms with van der Waals surface area (Å²) in [6.07, 6.45) is 2.05. The Bertz CT molecular complexity index is 590. The van der Waals surface area contributed by atoms with Gasteiger partial charge in [-0.25, -0.2) is 13.8 Å². The molecule has 0 saturated heterocycles. The SMILES string of the molecule is NCC1(c2csc(-c3cc(F)ccc3F)n2)CC1. The molecule has 0 spiro atoms. The van der Waals surface area contributed by atoms with Crippen LogP contribution in [-0.2, 0) is 5.41 Å². The summed E-state index contributed by atoms with van der Waals surface area (Å²) in [7, 11) is 0. The molecule has 2 N–H and O–H groups in total. The fourth-order valence-electron chi connectivity index (χ4n) is 2.02. The zero-order chi connectivity index (χ0) is 12.8. The summed E-state index contributed by atoms with van der Waals surface area (Å²) in [5.41, 5.74) is 6.85. The molecule has 1 fully saturated rings. The summed E-state index contributed by atoms with van der Waals surface area (Å²) in [5, 5.41) is 2.42. The Kier molecular flexibility index (Phi) is 2.68. The Labute approximate surface area is 107 Å². The third-order valence-electron chi connectivity index (χ3n) is 3.45. The number of nitrogens with two attached hydrogens (primary N) is 1. The number of aromatic nitrogens is 1. The first-order valence-electron chi connectivity index (χ1n) is 5.76. The van der Waals surface area contributed by atoms with E-state index in [0.29, 0.717) is 11.6 Å². The minimum atomic E-state index is -0.455. The Hall–Kier alpha value is -1.33. The van der Waals surface area contributed by atoms with E-state index in [1.807, 2.05) is 5.38 Å². The molecule has 18 heavy (non-hydrogen) atoms. The molecule has 1 saturated carbocycles. The molecule has 0 atom stereocenters. The van der Waals surface area contributed by atoms with Crippen LogP contribution in [0.3, 0.4) is 0 Å². The highest BCUT2D eigenvalue weighted by Crippen LogP contribution is 2.48. The molecule has 0 aliphatic heterocycles. The van der Waals surface area contributed by atoms with Crippen LogP contribution in [0.2, 0.25) is 0 Å². The van der Waals surface area contributed by atoms with Gasteiger partial charge in [0.05, 0.1) is 5.69 Å². The lowest BCUT2D eigenvalue weighted by atomic mass is 10.0. The second kappa shape index (κ2) is 4.10. The van der Waals surface area contributed by atoms with Gasteiger partial charge in [-0.3, -0.25) is 0 Å². The van der Waals surface area contributed by atoms with E-state index >= 15 is 0 Å².